The summed E-state index contributed by atoms with van der Waals surface area (Å²) in [4.78, 5) is 31.0. The average Bonchev–Trinajstić information content (AvgIpc) is 3.15. The van der Waals surface area contributed by atoms with E-state index in [1.54, 1.807) is 48.5 Å². The summed E-state index contributed by atoms with van der Waals surface area (Å²) in [6.45, 7) is -0.474. The molecule has 0 unspecified atom stereocenters. The van der Waals surface area contributed by atoms with Crippen molar-refractivity contribution in [2.75, 3.05) is 6.61 Å². The maximum absolute atomic E-state index is 12.0. The van der Waals surface area contributed by atoms with Crippen molar-refractivity contribution in [1.29, 1.82) is 5.26 Å². The zero-order chi connectivity index (χ0) is 19.9. The molecule has 28 heavy (non-hydrogen) atoms. The van der Waals surface area contributed by atoms with Crippen LogP contribution in [0, 0.1) is 11.3 Å². The molecule has 0 atom stereocenters. The number of aromatic amines is 1. The lowest BCUT2D eigenvalue weighted by Crippen LogP contribution is -2.11. The number of nitriles is 1. The maximum atomic E-state index is 12.0. The molecule has 0 aliphatic heterocycles. The Morgan fingerprint density at radius 2 is 1.79 bits per heavy atom. The van der Waals surface area contributed by atoms with Gasteiger partial charge in [0.1, 0.15) is 18.2 Å². The lowest BCUT2D eigenvalue weighted by molar-refractivity contribution is -0.143. The topological polar surface area (TPSA) is 116 Å². The molecule has 2 N–H and O–H groups in total. The molecule has 0 saturated carbocycles. The number of Topliss-reactive ketones (excluding diaryl/α,β-unsaturated/α-hetero) is 1. The molecule has 0 amide bonds. The van der Waals surface area contributed by atoms with Crippen LogP contribution >= 0.6 is 0 Å². The number of hydrogen-bond acceptors (Lipinski definition) is 6. The Hall–Kier alpha value is -3.92. The molecular formula is C21H17N3O4. The first-order valence-electron chi connectivity index (χ1n) is 8.59. The third-order valence-electron chi connectivity index (χ3n) is 4.05. The number of fused-ring (bicyclic) bond motifs is 1. The van der Waals surface area contributed by atoms with Crippen LogP contribution in [0.25, 0.3) is 16.6 Å². The molecule has 0 bridgehead atoms. The molecule has 0 saturated heterocycles. The number of carbonyl (C=O) groups excluding carboxylic acids is 2. The number of aliphatic hydroxyl groups excluding tert-OH is 1. The Morgan fingerprint density at radius 1 is 1.07 bits per heavy atom. The van der Waals surface area contributed by atoms with Crippen LogP contribution in [0.1, 0.15) is 29.0 Å². The van der Waals surface area contributed by atoms with Gasteiger partial charge >= 0.3 is 5.97 Å². The van der Waals surface area contributed by atoms with E-state index in [2.05, 4.69) is 9.97 Å². The molecule has 1 heterocycles. The molecule has 7 heteroatoms. The number of aliphatic hydroxyl groups is 1. The number of hydrogen-bond donors (Lipinski definition) is 2. The molecule has 0 radical (unpaired) electrons. The third kappa shape index (κ3) is 4.43. The number of nitrogens with zero attached hydrogens (tertiary/aromatic N) is 2. The van der Waals surface area contributed by atoms with Gasteiger partial charge in [0, 0.05) is 12.0 Å². The Morgan fingerprint density at radius 3 is 2.50 bits per heavy atom. The van der Waals surface area contributed by atoms with Crippen molar-refractivity contribution >= 4 is 28.4 Å². The van der Waals surface area contributed by atoms with E-state index in [1.807, 2.05) is 12.1 Å². The Labute approximate surface area is 160 Å². The summed E-state index contributed by atoms with van der Waals surface area (Å²) < 4.78 is 4.98. The number of ether oxygens (including phenoxy) is 1. The van der Waals surface area contributed by atoms with Crippen LogP contribution in [0.15, 0.2) is 60.4 Å². The van der Waals surface area contributed by atoms with Crippen molar-refractivity contribution in [3.05, 3.63) is 71.7 Å². The fourth-order valence-electron chi connectivity index (χ4n) is 2.60. The summed E-state index contributed by atoms with van der Waals surface area (Å²) in [6, 6.07) is 17.7. The minimum atomic E-state index is -0.641. The van der Waals surface area contributed by atoms with Crippen LogP contribution in [0.5, 0.6) is 0 Å². The van der Waals surface area contributed by atoms with E-state index in [1.165, 1.54) is 0 Å². The van der Waals surface area contributed by atoms with E-state index >= 15 is 0 Å². The highest BCUT2D eigenvalue weighted by Gasteiger charge is 2.15. The Balaban J connectivity index is 1.59. The Bertz CT molecular complexity index is 1040. The predicted octanol–water partition coefficient (Wildman–Crippen LogP) is 3.56. The lowest BCUT2D eigenvalue weighted by atomic mass is 10.1. The monoisotopic (exact) mass is 375 g/mol. The zero-order valence-corrected chi connectivity index (χ0v) is 14.9. The second-order valence-corrected chi connectivity index (χ2v) is 5.99. The van der Waals surface area contributed by atoms with Gasteiger partial charge in [0.25, 0.3) is 0 Å². The molecule has 0 aliphatic rings. The molecule has 3 aromatic rings. The van der Waals surface area contributed by atoms with Gasteiger partial charge in [-0.1, -0.05) is 42.5 Å². The van der Waals surface area contributed by atoms with E-state index in [4.69, 9.17) is 4.74 Å². The molecule has 1 aromatic heterocycles. The first kappa shape index (κ1) is 18.9. The smallest absolute Gasteiger partial charge is 0.306 e. The van der Waals surface area contributed by atoms with Gasteiger partial charge in [0.2, 0.25) is 0 Å². The third-order valence-corrected chi connectivity index (χ3v) is 4.05. The van der Waals surface area contributed by atoms with Gasteiger partial charge < -0.3 is 14.8 Å². The van der Waals surface area contributed by atoms with Crippen molar-refractivity contribution in [1.82, 2.24) is 9.97 Å². The molecular weight excluding hydrogens is 358 g/mol. The molecule has 3 rings (SSSR count). The second-order valence-electron chi connectivity index (χ2n) is 5.99. The number of imidazole rings is 1. The van der Waals surface area contributed by atoms with Crippen LogP contribution in [-0.2, 0) is 9.53 Å². The van der Waals surface area contributed by atoms with Crippen molar-refractivity contribution < 1.29 is 19.4 Å². The van der Waals surface area contributed by atoms with Gasteiger partial charge in [-0.25, -0.2) is 4.98 Å². The number of ketones is 1. The number of benzene rings is 2. The lowest BCUT2D eigenvalue weighted by Gasteiger charge is -2.05. The predicted molar refractivity (Wildman–Crippen MR) is 102 cm³/mol. The normalized spacial score (nSPS) is 11.5. The first-order valence-corrected chi connectivity index (χ1v) is 8.59. The summed E-state index contributed by atoms with van der Waals surface area (Å²) in [5.41, 5.74) is 1.78. The molecule has 7 nitrogen and oxygen atoms in total. The zero-order valence-electron chi connectivity index (χ0n) is 14.9. The van der Waals surface area contributed by atoms with E-state index in [-0.39, 0.29) is 30.0 Å². The standard InChI is InChI=1S/C21H17N3O4/c22-12-15(21-23-16-8-4-5-9-17(16)24-21)19(26)13-28-20(27)11-10-18(25)14-6-2-1-3-7-14/h1-9,26H,10-11,13H2,(H,23,24)/b19-15-. The van der Waals surface area contributed by atoms with Crippen LogP contribution in [0.4, 0.5) is 0 Å². The van der Waals surface area contributed by atoms with Crippen LogP contribution in [-0.4, -0.2) is 33.4 Å². The van der Waals surface area contributed by atoms with Gasteiger partial charge in [-0.15, -0.1) is 0 Å². The SMILES string of the molecule is N#C/C(=C(/O)COC(=O)CCC(=O)c1ccccc1)c1nc2ccccc2[nH]1. The number of esters is 1. The highest BCUT2D eigenvalue weighted by atomic mass is 16.5. The van der Waals surface area contributed by atoms with Gasteiger partial charge in [-0.2, -0.15) is 5.26 Å². The van der Waals surface area contributed by atoms with E-state index in [0.717, 1.165) is 5.52 Å². The Kier molecular flexibility index (Phi) is 5.82. The van der Waals surface area contributed by atoms with Crippen molar-refractivity contribution in [3.8, 4) is 6.07 Å². The van der Waals surface area contributed by atoms with Crippen molar-refractivity contribution in [2.24, 2.45) is 0 Å². The van der Waals surface area contributed by atoms with E-state index < -0.39 is 18.3 Å². The van der Waals surface area contributed by atoms with Gasteiger partial charge in [0.05, 0.1) is 17.5 Å². The van der Waals surface area contributed by atoms with Crippen LogP contribution in [0.2, 0.25) is 0 Å². The number of allylic oxidation sites excluding steroid dienone is 1. The number of aromatic nitrogens is 2. The second kappa shape index (κ2) is 8.64. The van der Waals surface area contributed by atoms with Crippen molar-refractivity contribution in [2.45, 2.75) is 12.8 Å². The molecule has 0 spiro atoms. The molecule has 0 aliphatic carbocycles. The summed E-state index contributed by atoms with van der Waals surface area (Å²) in [6.07, 6.45) is -0.116. The average molecular weight is 375 g/mol. The number of para-hydroxylation sites is 2. The number of nitrogens with one attached hydrogen (secondary N) is 1. The van der Waals surface area contributed by atoms with Crippen LogP contribution in [0.3, 0.4) is 0 Å². The minimum absolute atomic E-state index is 0.00199. The van der Waals surface area contributed by atoms with Crippen LogP contribution < -0.4 is 0 Å². The fraction of sp³-hybridized carbons (Fsp3) is 0.143. The maximum Gasteiger partial charge on any atom is 0.306 e. The summed E-state index contributed by atoms with van der Waals surface area (Å²) in [5, 5.41) is 19.5. The summed E-state index contributed by atoms with van der Waals surface area (Å²) >= 11 is 0. The van der Waals surface area contributed by atoms with Gasteiger partial charge in [-0.05, 0) is 12.1 Å². The number of rotatable bonds is 7. The summed E-state index contributed by atoms with van der Waals surface area (Å²) in [7, 11) is 0. The van der Waals surface area contributed by atoms with E-state index in [9.17, 15) is 20.0 Å². The highest BCUT2D eigenvalue weighted by molar-refractivity contribution is 5.97. The highest BCUT2D eigenvalue weighted by Crippen LogP contribution is 2.19. The van der Waals surface area contributed by atoms with Gasteiger partial charge in [0.15, 0.2) is 17.4 Å². The number of carbonyl (C=O) groups is 2. The van der Waals surface area contributed by atoms with Crippen molar-refractivity contribution in [3.63, 3.8) is 0 Å². The minimum Gasteiger partial charge on any atom is -0.507 e. The fourth-order valence-corrected chi connectivity index (χ4v) is 2.60. The van der Waals surface area contributed by atoms with Gasteiger partial charge in [-0.3, -0.25) is 9.59 Å². The quantitative estimate of drug-likeness (QED) is 0.282. The number of H-pyrrole nitrogens is 1. The molecule has 140 valence electrons. The van der Waals surface area contributed by atoms with E-state index in [0.29, 0.717) is 11.1 Å². The molecule has 0 fully saturated rings. The summed E-state index contributed by atoms with van der Waals surface area (Å²) in [5.74, 6) is -1.03. The first-order chi connectivity index (χ1) is 13.6. The molecule has 2 aromatic carbocycles. The largest absolute Gasteiger partial charge is 0.507 e.